The first kappa shape index (κ1) is 9.69. The average Bonchev–Trinajstić information content (AvgIpc) is 2.92. The zero-order valence-electron chi connectivity index (χ0n) is 8.55. The van der Waals surface area contributed by atoms with E-state index in [1.165, 1.54) is 19.3 Å². The second-order valence-corrected chi connectivity index (χ2v) is 3.80. The van der Waals surface area contributed by atoms with Gasteiger partial charge in [0, 0.05) is 19.8 Å². The Morgan fingerprint density at radius 1 is 0.857 bits per heavy atom. The monoisotopic (exact) mass is 190 g/mol. The third-order valence-electron chi connectivity index (χ3n) is 2.74. The van der Waals surface area contributed by atoms with Gasteiger partial charge in [0.05, 0.1) is 0 Å². The SMILES string of the molecule is C1CNCN1.c1ccc2c(c1)CCC2. The fraction of sp³-hybridized carbons (Fsp3) is 0.500. The van der Waals surface area contributed by atoms with E-state index in [0.717, 1.165) is 19.8 Å². The molecule has 1 heterocycles. The Morgan fingerprint density at radius 2 is 1.43 bits per heavy atom. The number of benzene rings is 1. The number of hydrogen-bond acceptors (Lipinski definition) is 2. The Hall–Kier alpha value is -0.860. The lowest BCUT2D eigenvalue weighted by Crippen LogP contribution is -2.11. The summed E-state index contributed by atoms with van der Waals surface area (Å²) >= 11 is 0. The molecule has 1 aromatic rings. The van der Waals surface area contributed by atoms with E-state index in [2.05, 4.69) is 34.9 Å². The highest BCUT2D eigenvalue weighted by atomic mass is 15.1. The van der Waals surface area contributed by atoms with E-state index in [1.807, 2.05) is 0 Å². The second kappa shape index (κ2) is 5.13. The Morgan fingerprint density at radius 3 is 1.86 bits per heavy atom. The van der Waals surface area contributed by atoms with Crippen LogP contribution in [0.4, 0.5) is 0 Å². The molecule has 0 aromatic heterocycles. The predicted molar refractivity (Wildman–Crippen MR) is 59.3 cm³/mol. The lowest BCUT2D eigenvalue weighted by molar-refractivity contribution is 0.807. The van der Waals surface area contributed by atoms with Crippen LogP contribution in [-0.4, -0.2) is 19.8 Å². The molecule has 0 unspecified atom stereocenters. The molecule has 0 bridgehead atoms. The Kier molecular flexibility index (Phi) is 3.55. The Labute approximate surface area is 85.7 Å². The van der Waals surface area contributed by atoms with Crippen LogP contribution in [0.5, 0.6) is 0 Å². The first-order valence-corrected chi connectivity index (χ1v) is 5.45. The van der Waals surface area contributed by atoms with E-state index in [4.69, 9.17) is 0 Å². The van der Waals surface area contributed by atoms with Crippen LogP contribution in [0.2, 0.25) is 0 Å². The van der Waals surface area contributed by atoms with Gasteiger partial charge in [0.1, 0.15) is 0 Å². The first-order chi connectivity index (χ1) is 6.97. The van der Waals surface area contributed by atoms with E-state index < -0.39 is 0 Å². The lowest BCUT2D eigenvalue weighted by Gasteiger charge is -1.93. The fourth-order valence-corrected chi connectivity index (χ4v) is 1.96. The summed E-state index contributed by atoms with van der Waals surface area (Å²) in [5, 5.41) is 6.22. The topological polar surface area (TPSA) is 24.1 Å². The van der Waals surface area contributed by atoms with Crippen molar-refractivity contribution >= 4 is 0 Å². The van der Waals surface area contributed by atoms with Crippen molar-refractivity contribution < 1.29 is 0 Å². The minimum Gasteiger partial charge on any atom is -0.303 e. The van der Waals surface area contributed by atoms with Crippen molar-refractivity contribution in [3.05, 3.63) is 35.4 Å². The molecule has 1 saturated heterocycles. The second-order valence-electron chi connectivity index (χ2n) is 3.80. The molecule has 0 saturated carbocycles. The predicted octanol–water partition coefficient (Wildman–Crippen LogP) is 1.31. The summed E-state index contributed by atoms with van der Waals surface area (Å²) in [4.78, 5) is 0. The van der Waals surface area contributed by atoms with Crippen LogP contribution in [-0.2, 0) is 12.8 Å². The number of aryl methyl sites for hydroxylation is 2. The maximum atomic E-state index is 3.11. The summed E-state index contributed by atoms with van der Waals surface area (Å²) in [7, 11) is 0. The standard InChI is InChI=1S/C9H10.C3H8N2/c1-2-5-9-7-3-6-8(9)4-1;1-2-5-3-4-1/h1-2,4-5H,3,6-7H2;4-5H,1-3H2. The largest absolute Gasteiger partial charge is 0.303 e. The number of hydrogen-bond donors (Lipinski definition) is 2. The highest BCUT2D eigenvalue weighted by Crippen LogP contribution is 2.20. The molecular formula is C12H18N2. The molecule has 0 radical (unpaired) electrons. The Bertz CT molecular complexity index is 249. The smallest absolute Gasteiger partial charge is 0.0455 e. The van der Waals surface area contributed by atoms with Crippen LogP contribution in [0.1, 0.15) is 17.5 Å². The van der Waals surface area contributed by atoms with Crippen LogP contribution >= 0.6 is 0 Å². The van der Waals surface area contributed by atoms with Crippen LogP contribution in [0, 0.1) is 0 Å². The number of fused-ring (bicyclic) bond motifs is 1. The maximum Gasteiger partial charge on any atom is 0.0455 e. The van der Waals surface area contributed by atoms with E-state index in [1.54, 1.807) is 11.1 Å². The molecule has 1 aliphatic heterocycles. The molecule has 0 atom stereocenters. The zero-order chi connectivity index (χ0) is 9.64. The van der Waals surface area contributed by atoms with Crippen molar-refractivity contribution in [2.75, 3.05) is 19.8 Å². The van der Waals surface area contributed by atoms with Crippen LogP contribution in [0.25, 0.3) is 0 Å². The van der Waals surface area contributed by atoms with E-state index in [-0.39, 0.29) is 0 Å². The van der Waals surface area contributed by atoms with Crippen molar-refractivity contribution in [3.63, 3.8) is 0 Å². The number of nitrogens with one attached hydrogen (secondary N) is 2. The molecule has 1 aromatic carbocycles. The molecule has 2 heteroatoms. The minimum atomic E-state index is 1.00. The van der Waals surface area contributed by atoms with Gasteiger partial charge in [-0.2, -0.15) is 0 Å². The fourth-order valence-electron chi connectivity index (χ4n) is 1.96. The molecule has 1 fully saturated rings. The van der Waals surface area contributed by atoms with E-state index in [0.29, 0.717) is 0 Å². The molecular weight excluding hydrogens is 172 g/mol. The minimum absolute atomic E-state index is 1.00. The van der Waals surface area contributed by atoms with Crippen LogP contribution < -0.4 is 10.6 Å². The summed E-state index contributed by atoms with van der Waals surface area (Å²) in [5.41, 5.74) is 3.13. The quantitative estimate of drug-likeness (QED) is 0.644. The average molecular weight is 190 g/mol. The highest BCUT2D eigenvalue weighted by Gasteiger charge is 2.07. The van der Waals surface area contributed by atoms with Gasteiger partial charge in [-0.1, -0.05) is 24.3 Å². The summed E-state index contributed by atoms with van der Waals surface area (Å²) < 4.78 is 0. The third kappa shape index (κ3) is 2.56. The summed E-state index contributed by atoms with van der Waals surface area (Å²) in [6.45, 7) is 3.28. The maximum absolute atomic E-state index is 3.11. The van der Waals surface area contributed by atoms with Gasteiger partial charge in [0.25, 0.3) is 0 Å². The van der Waals surface area contributed by atoms with E-state index >= 15 is 0 Å². The molecule has 1 aliphatic carbocycles. The summed E-state index contributed by atoms with van der Waals surface area (Å²) in [5.74, 6) is 0. The summed E-state index contributed by atoms with van der Waals surface area (Å²) in [6.07, 6.45) is 3.96. The van der Waals surface area contributed by atoms with Crippen LogP contribution in [0.15, 0.2) is 24.3 Å². The van der Waals surface area contributed by atoms with Gasteiger partial charge in [0.15, 0.2) is 0 Å². The van der Waals surface area contributed by atoms with Crippen molar-refractivity contribution in [3.8, 4) is 0 Å². The molecule has 76 valence electrons. The van der Waals surface area contributed by atoms with Gasteiger partial charge in [-0.15, -0.1) is 0 Å². The first-order valence-electron chi connectivity index (χ1n) is 5.45. The molecule has 2 N–H and O–H groups in total. The van der Waals surface area contributed by atoms with Gasteiger partial charge in [0.2, 0.25) is 0 Å². The normalized spacial score (nSPS) is 18.6. The summed E-state index contributed by atoms with van der Waals surface area (Å²) in [6, 6.07) is 8.74. The highest BCUT2D eigenvalue weighted by molar-refractivity contribution is 5.30. The molecule has 2 aliphatic rings. The lowest BCUT2D eigenvalue weighted by atomic mass is 10.1. The number of rotatable bonds is 0. The van der Waals surface area contributed by atoms with Crippen molar-refractivity contribution in [1.82, 2.24) is 10.6 Å². The van der Waals surface area contributed by atoms with E-state index in [9.17, 15) is 0 Å². The molecule has 3 rings (SSSR count). The van der Waals surface area contributed by atoms with Gasteiger partial charge in [-0.05, 0) is 30.4 Å². The molecule has 14 heavy (non-hydrogen) atoms. The molecule has 2 nitrogen and oxygen atoms in total. The Balaban J connectivity index is 0.000000128. The van der Waals surface area contributed by atoms with Gasteiger partial charge in [-0.3, -0.25) is 0 Å². The third-order valence-corrected chi connectivity index (χ3v) is 2.74. The van der Waals surface area contributed by atoms with Crippen molar-refractivity contribution in [2.45, 2.75) is 19.3 Å². The van der Waals surface area contributed by atoms with Crippen LogP contribution in [0.3, 0.4) is 0 Å². The van der Waals surface area contributed by atoms with Crippen molar-refractivity contribution in [1.29, 1.82) is 0 Å². The molecule has 0 spiro atoms. The van der Waals surface area contributed by atoms with Crippen molar-refractivity contribution in [2.24, 2.45) is 0 Å². The van der Waals surface area contributed by atoms with Gasteiger partial charge in [-0.25, -0.2) is 0 Å². The zero-order valence-corrected chi connectivity index (χ0v) is 8.55. The van der Waals surface area contributed by atoms with Gasteiger partial charge < -0.3 is 10.6 Å². The molecule has 0 amide bonds. The van der Waals surface area contributed by atoms with Gasteiger partial charge >= 0.3 is 0 Å².